The fraction of sp³-hybridized carbons (Fsp3) is 0.300. The number of hydrogen-bond acceptors (Lipinski definition) is 3. The summed E-state index contributed by atoms with van der Waals surface area (Å²) in [6.45, 7) is 1.90. The lowest BCUT2D eigenvalue weighted by molar-refractivity contribution is -0.115. The van der Waals surface area contributed by atoms with E-state index < -0.39 is 0 Å². The summed E-state index contributed by atoms with van der Waals surface area (Å²) in [5, 5.41) is 2.71. The average Bonchev–Trinajstić information content (AvgIpc) is 2.73. The van der Waals surface area contributed by atoms with Crippen LogP contribution in [0.25, 0.3) is 11.0 Å². The number of fused-ring (bicyclic) bond motifs is 1. The summed E-state index contributed by atoms with van der Waals surface area (Å²) in [4.78, 5) is 32.1. The Balaban J connectivity index is 2.35. The Morgan fingerprint density at radius 1 is 1.59 bits per heavy atom. The van der Waals surface area contributed by atoms with E-state index in [-0.39, 0.29) is 16.3 Å². The predicted molar refractivity (Wildman–Crippen MR) is 68.4 cm³/mol. The Morgan fingerprint density at radius 2 is 2.35 bits per heavy atom. The third kappa shape index (κ3) is 2.23. The molecule has 0 radical (unpaired) electrons. The van der Waals surface area contributed by atoms with Crippen molar-refractivity contribution < 1.29 is 4.79 Å². The monoisotopic (exact) mass is 298 g/mol. The lowest BCUT2D eigenvalue weighted by atomic mass is 10.3. The van der Waals surface area contributed by atoms with E-state index in [2.05, 4.69) is 36.2 Å². The van der Waals surface area contributed by atoms with Gasteiger partial charge >= 0.3 is 0 Å². The van der Waals surface area contributed by atoms with Gasteiger partial charge in [-0.15, -0.1) is 0 Å². The molecule has 2 aromatic rings. The minimum atomic E-state index is -0.263. The number of rotatable bonds is 3. The largest absolute Gasteiger partial charge is 0.353 e. The zero-order valence-corrected chi connectivity index (χ0v) is 10.7. The fourth-order valence-electron chi connectivity index (χ4n) is 1.44. The van der Waals surface area contributed by atoms with Crippen molar-refractivity contribution in [1.82, 2.24) is 15.0 Å². The first-order valence-electron chi connectivity index (χ1n) is 5.13. The van der Waals surface area contributed by atoms with E-state index in [4.69, 9.17) is 0 Å². The summed E-state index contributed by atoms with van der Waals surface area (Å²) >= 11 is 3.26. The highest BCUT2D eigenvalue weighted by atomic mass is 79.9. The van der Waals surface area contributed by atoms with E-state index in [9.17, 15) is 9.59 Å². The standard InChI is InChI=1S/C10H11BrN4O2/c1-2-5(11)9(16)15-6-3-12-8-7(6)13-4-14-10(8)17/h3-5,12H,2H2,1H3,(H,15,16)(H,13,14,17)/t5-/m1/s1. The number of H-pyrrole nitrogens is 2. The molecule has 6 nitrogen and oxygen atoms in total. The number of carbonyl (C=O) groups excluding carboxylic acids is 1. The number of alkyl halides is 1. The molecule has 7 heteroatoms. The Hall–Kier alpha value is -1.63. The van der Waals surface area contributed by atoms with Crippen molar-refractivity contribution in [1.29, 1.82) is 0 Å². The molecule has 2 rings (SSSR count). The Kier molecular flexibility index (Phi) is 3.28. The number of amides is 1. The number of nitrogens with one attached hydrogen (secondary N) is 3. The van der Waals surface area contributed by atoms with Crippen LogP contribution in [0.1, 0.15) is 13.3 Å². The molecule has 0 fully saturated rings. The van der Waals surface area contributed by atoms with Crippen LogP contribution < -0.4 is 10.9 Å². The highest BCUT2D eigenvalue weighted by Crippen LogP contribution is 2.18. The average molecular weight is 299 g/mol. The van der Waals surface area contributed by atoms with Gasteiger partial charge in [0, 0.05) is 6.20 Å². The summed E-state index contributed by atoms with van der Waals surface area (Å²) in [6, 6.07) is 0. The smallest absolute Gasteiger partial charge is 0.275 e. The Labute approximate surface area is 105 Å². The van der Waals surface area contributed by atoms with Crippen LogP contribution in [-0.4, -0.2) is 25.7 Å². The SMILES string of the molecule is CC[C@@H](Br)C(=O)Nc1c[nH]c2c(=O)[nH]cnc12. The van der Waals surface area contributed by atoms with Gasteiger partial charge in [-0.05, 0) is 6.42 Å². The van der Waals surface area contributed by atoms with Gasteiger partial charge in [0.05, 0.1) is 16.8 Å². The van der Waals surface area contributed by atoms with E-state index in [1.807, 2.05) is 6.92 Å². The van der Waals surface area contributed by atoms with Crippen LogP contribution in [-0.2, 0) is 4.79 Å². The van der Waals surface area contributed by atoms with Gasteiger partial charge in [-0.2, -0.15) is 0 Å². The number of hydrogen-bond donors (Lipinski definition) is 3. The number of anilines is 1. The molecule has 0 aliphatic rings. The topological polar surface area (TPSA) is 90.6 Å². The minimum Gasteiger partial charge on any atom is -0.353 e. The third-order valence-corrected chi connectivity index (χ3v) is 3.43. The lowest BCUT2D eigenvalue weighted by Crippen LogP contribution is -2.22. The van der Waals surface area contributed by atoms with E-state index in [1.54, 1.807) is 6.20 Å². The van der Waals surface area contributed by atoms with Gasteiger partial charge in [-0.3, -0.25) is 9.59 Å². The zero-order valence-electron chi connectivity index (χ0n) is 9.08. The number of aromatic amines is 2. The highest BCUT2D eigenvalue weighted by Gasteiger charge is 2.15. The Morgan fingerprint density at radius 3 is 3.06 bits per heavy atom. The maximum absolute atomic E-state index is 11.7. The number of carbonyl (C=O) groups is 1. The van der Waals surface area contributed by atoms with E-state index in [0.29, 0.717) is 23.1 Å². The van der Waals surface area contributed by atoms with Crippen molar-refractivity contribution in [2.45, 2.75) is 18.2 Å². The molecule has 0 aromatic carbocycles. The number of nitrogens with zero attached hydrogens (tertiary/aromatic N) is 1. The van der Waals surface area contributed by atoms with Crippen molar-refractivity contribution in [3.63, 3.8) is 0 Å². The normalized spacial score (nSPS) is 12.6. The Bertz CT molecular complexity index is 604. The number of aromatic nitrogens is 3. The van der Waals surface area contributed by atoms with Crippen molar-refractivity contribution >= 4 is 38.6 Å². The van der Waals surface area contributed by atoms with Gasteiger partial charge < -0.3 is 15.3 Å². The highest BCUT2D eigenvalue weighted by molar-refractivity contribution is 9.10. The first kappa shape index (κ1) is 11.8. The zero-order chi connectivity index (χ0) is 12.4. The summed E-state index contributed by atoms with van der Waals surface area (Å²) in [6.07, 6.45) is 3.54. The van der Waals surface area contributed by atoms with Crippen LogP contribution in [0.2, 0.25) is 0 Å². The molecular formula is C10H11BrN4O2. The van der Waals surface area contributed by atoms with Gasteiger partial charge in [0.2, 0.25) is 5.91 Å². The van der Waals surface area contributed by atoms with Crippen molar-refractivity contribution in [2.75, 3.05) is 5.32 Å². The first-order chi connectivity index (χ1) is 8.13. The van der Waals surface area contributed by atoms with Crippen LogP contribution in [0.4, 0.5) is 5.69 Å². The molecule has 0 spiro atoms. The second-order valence-electron chi connectivity index (χ2n) is 3.52. The van der Waals surface area contributed by atoms with Crippen LogP contribution in [0.3, 0.4) is 0 Å². The summed E-state index contributed by atoms with van der Waals surface area (Å²) in [5.41, 5.74) is 1.05. The summed E-state index contributed by atoms with van der Waals surface area (Å²) in [5.74, 6) is -0.157. The third-order valence-electron chi connectivity index (χ3n) is 2.37. The molecule has 0 saturated carbocycles. The molecule has 0 unspecified atom stereocenters. The van der Waals surface area contributed by atoms with E-state index >= 15 is 0 Å². The molecule has 1 amide bonds. The molecule has 1 atom stereocenters. The van der Waals surface area contributed by atoms with Gasteiger partial charge in [-0.1, -0.05) is 22.9 Å². The second kappa shape index (κ2) is 4.70. The minimum absolute atomic E-state index is 0.157. The molecule has 3 N–H and O–H groups in total. The van der Waals surface area contributed by atoms with E-state index in [1.165, 1.54) is 6.33 Å². The molecule has 2 heterocycles. The van der Waals surface area contributed by atoms with Crippen molar-refractivity contribution in [2.24, 2.45) is 0 Å². The van der Waals surface area contributed by atoms with Crippen molar-refractivity contribution in [3.05, 3.63) is 22.9 Å². The predicted octanol–water partition coefficient (Wildman–Crippen LogP) is 1.36. The van der Waals surface area contributed by atoms with Gasteiger partial charge in [0.1, 0.15) is 11.0 Å². The van der Waals surface area contributed by atoms with E-state index in [0.717, 1.165) is 0 Å². The van der Waals surface area contributed by atoms with Crippen LogP contribution in [0.15, 0.2) is 17.3 Å². The summed E-state index contributed by atoms with van der Waals surface area (Å²) in [7, 11) is 0. The van der Waals surface area contributed by atoms with Gasteiger partial charge in [0.25, 0.3) is 5.56 Å². The first-order valence-corrected chi connectivity index (χ1v) is 6.04. The molecule has 2 aromatic heterocycles. The molecule has 0 aliphatic carbocycles. The van der Waals surface area contributed by atoms with Crippen molar-refractivity contribution in [3.8, 4) is 0 Å². The molecule has 0 aliphatic heterocycles. The van der Waals surface area contributed by atoms with Gasteiger partial charge in [0.15, 0.2) is 0 Å². The van der Waals surface area contributed by atoms with Crippen LogP contribution in [0.5, 0.6) is 0 Å². The molecule has 17 heavy (non-hydrogen) atoms. The quantitative estimate of drug-likeness (QED) is 0.747. The maximum atomic E-state index is 11.7. The van der Waals surface area contributed by atoms with Crippen LogP contribution >= 0.6 is 15.9 Å². The number of halogens is 1. The summed E-state index contributed by atoms with van der Waals surface area (Å²) < 4.78 is 0. The molecule has 0 bridgehead atoms. The second-order valence-corrected chi connectivity index (χ2v) is 4.63. The maximum Gasteiger partial charge on any atom is 0.275 e. The lowest BCUT2D eigenvalue weighted by Gasteiger charge is -2.06. The fourth-order valence-corrected chi connectivity index (χ4v) is 1.56. The molecule has 0 saturated heterocycles. The van der Waals surface area contributed by atoms with Gasteiger partial charge in [-0.25, -0.2) is 4.98 Å². The van der Waals surface area contributed by atoms with Crippen LogP contribution in [0, 0.1) is 0 Å². The molecule has 90 valence electrons. The molecular weight excluding hydrogens is 288 g/mol.